The third kappa shape index (κ3) is 3.54. The van der Waals surface area contributed by atoms with Crippen molar-refractivity contribution in [3.8, 4) is 0 Å². The van der Waals surface area contributed by atoms with Crippen LogP contribution in [0.15, 0.2) is 0 Å². The highest BCUT2D eigenvalue weighted by molar-refractivity contribution is 7.99. The smallest absolute Gasteiger partial charge is 0.224 e. The van der Waals surface area contributed by atoms with Crippen molar-refractivity contribution in [3.63, 3.8) is 0 Å². The molecule has 1 atom stereocenters. The van der Waals surface area contributed by atoms with Crippen molar-refractivity contribution in [2.24, 2.45) is 0 Å². The zero-order valence-electron chi connectivity index (χ0n) is 9.78. The van der Waals surface area contributed by atoms with Crippen molar-refractivity contribution in [2.75, 3.05) is 25.1 Å². The van der Waals surface area contributed by atoms with Gasteiger partial charge < -0.3 is 10.2 Å². The van der Waals surface area contributed by atoms with Crippen LogP contribution < -0.4 is 5.32 Å². The van der Waals surface area contributed by atoms with Gasteiger partial charge in [-0.2, -0.15) is 11.8 Å². The molecule has 1 saturated carbocycles. The summed E-state index contributed by atoms with van der Waals surface area (Å²) in [6.45, 7) is 1.05. The zero-order valence-corrected chi connectivity index (χ0v) is 11.4. The summed E-state index contributed by atoms with van der Waals surface area (Å²) >= 11 is 1.95. The molecule has 2 rings (SSSR count). The van der Waals surface area contributed by atoms with Crippen LogP contribution in [0.3, 0.4) is 0 Å². The topological polar surface area (TPSA) is 32.3 Å². The molecule has 1 aliphatic heterocycles. The number of halogens is 1. The minimum absolute atomic E-state index is 0. The number of hydrogen-bond donors (Lipinski definition) is 1. The molecule has 1 unspecified atom stereocenters. The molecule has 0 radical (unpaired) electrons. The lowest BCUT2D eigenvalue weighted by molar-refractivity contribution is -0.133. The SMILES string of the molecule is CN(C(=O)CC1CSCCN1)C1CCC1.Cl. The van der Waals surface area contributed by atoms with Crippen LogP contribution >= 0.6 is 24.2 Å². The third-order valence-corrected chi connectivity index (χ3v) is 4.57. The Balaban J connectivity index is 0.00000128. The first-order valence-electron chi connectivity index (χ1n) is 5.84. The summed E-state index contributed by atoms with van der Waals surface area (Å²) in [6.07, 6.45) is 4.38. The van der Waals surface area contributed by atoms with E-state index in [0.717, 1.165) is 12.3 Å². The second kappa shape index (κ2) is 6.72. The highest BCUT2D eigenvalue weighted by Crippen LogP contribution is 2.24. The Kier molecular flexibility index (Phi) is 5.94. The molecule has 0 aromatic heterocycles. The van der Waals surface area contributed by atoms with E-state index >= 15 is 0 Å². The molecule has 1 saturated heterocycles. The number of carbonyl (C=O) groups is 1. The summed E-state index contributed by atoms with van der Waals surface area (Å²) < 4.78 is 0. The highest BCUT2D eigenvalue weighted by Gasteiger charge is 2.27. The van der Waals surface area contributed by atoms with Gasteiger partial charge in [0.05, 0.1) is 0 Å². The van der Waals surface area contributed by atoms with Crippen LogP contribution in [0.4, 0.5) is 0 Å². The molecule has 1 heterocycles. The minimum Gasteiger partial charge on any atom is -0.343 e. The lowest BCUT2D eigenvalue weighted by Gasteiger charge is -2.36. The second-order valence-corrected chi connectivity index (χ2v) is 5.67. The molecule has 16 heavy (non-hydrogen) atoms. The largest absolute Gasteiger partial charge is 0.343 e. The molecule has 0 bridgehead atoms. The minimum atomic E-state index is 0. The quantitative estimate of drug-likeness (QED) is 0.839. The van der Waals surface area contributed by atoms with Crippen molar-refractivity contribution in [1.82, 2.24) is 10.2 Å². The molecule has 94 valence electrons. The normalized spacial score (nSPS) is 25.4. The summed E-state index contributed by atoms with van der Waals surface area (Å²) in [7, 11) is 1.96. The van der Waals surface area contributed by atoms with Crippen molar-refractivity contribution >= 4 is 30.1 Å². The van der Waals surface area contributed by atoms with Crippen LogP contribution in [0.1, 0.15) is 25.7 Å². The maximum Gasteiger partial charge on any atom is 0.224 e. The number of thioether (sulfide) groups is 1. The number of hydrogen-bond acceptors (Lipinski definition) is 3. The van der Waals surface area contributed by atoms with Crippen LogP contribution in [0.2, 0.25) is 0 Å². The van der Waals surface area contributed by atoms with Gasteiger partial charge in [-0.3, -0.25) is 4.79 Å². The van der Waals surface area contributed by atoms with Gasteiger partial charge in [0.1, 0.15) is 0 Å². The highest BCUT2D eigenvalue weighted by atomic mass is 35.5. The maximum atomic E-state index is 11.9. The van der Waals surface area contributed by atoms with Gasteiger partial charge in [0.25, 0.3) is 0 Å². The molecule has 0 aromatic rings. The monoisotopic (exact) mass is 264 g/mol. The average molecular weight is 265 g/mol. The fraction of sp³-hybridized carbons (Fsp3) is 0.909. The standard InChI is InChI=1S/C11H20N2OS.ClH/c1-13(10-3-2-4-10)11(14)7-9-8-15-6-5-12-9;/h9-10,12H,2-8H2,1H3;1H. The van der Waals surface area contributed by atoms with Crippen LogP contribution in [-0.2, 0) is 4.79 Å². The van der Waals surface area contributed by atoms with Gasteiger partial charge in [0, 0.05) is 43.6 Å². The van der Waals surface area contributed by atoms with Gasteiger partial charge in [-0.05, 0) is 19.3 Å². The van der Waals surface area contributed by atoms with Crippen LogP contribution in [0, 0.1) is 0 Å². The fourth-order valence-electron chi connectivity index (χ4n) is 2.08. The van der Waals surface area contributed by atoms with Gasteiger partial charge in [-0.1, -0.05) is 0 Å². The fourth-order valence-corrected chi connectivity index (χ4v) is 3.03. The Morgan fingerprint density at radius 2 is 2.25 bits per heavy atom. The number of carbonyl (C=O) groups excluding carboxylic acids is 1. The molecule has 5 heteroatoms. The maximum absolute atomic E-state index is 11.9. The predicted molar refractivity (Wildman–Crippen MR) is 71.4 cm³/mol. The molecular weight excluding hydrogens is 244 g/mol. The number of nitrogens with zero attached hydrogens (tertiary/aromatic N) is 1. The first-order chi connectivity index (χ1) is 7.27. The van der Waals surface area contributed by atoms with E-state index in [2.05, 4.69) is 5.32 Å². The van der Waals surface area contributed by atoms with Crippen LogP contribution in [0.5, 0.6) is 0 Å². The molecule has 1 aliphatic carbocycles. The van der Waals surface area contributed by atoms with Gasteiger partial charge in [0.2, 0.25) is 5.91 Å². The van der Waals surface area contributed by atoms with E-state index in [9.17, 15) is 4.79 Å². The van der Waals surface area contributed by atoms with E-state index in [-0.39, 0.29) is 12.4 Å². The predicted octanol–water partition coefficient (Wildman–Crippen LogP) is 1.51. The van der Waals surface area contributed by atoms with Gasteiger partial charge in [-0.25, -0.2) is 0 Å². The van der Waals surface area contributed by atoms with Crippen LogP contribution in [0.25, 0.3) is 0 Å². The molecule has 3 nitrogen and oxygen atoms in total. The first-order valence-corrected chi connectivity index (χ1v) is 6.99. The number of amides is 1. The van der Waals surface area contributed by atoms with Crippen molar-refractivity contribution < 1.29 is 4.79 Å². The Morgan fingerprint density at radius 3 is 2.75 bits per heavy atom. The third-order valence-electron chi connectivity index (χ3n) is 3.44. The molecule has 1 amide bonds. The number of nitrogens with one attached hydrogen (secondary N) is 1. The molecular formula is C11H21ClN2OS. The Morgan fingerprint density at radius 1 is 1.50 bits per heavy atom. The van der Waals surface area contributed by atoms with Crippen molar-refractivity contribution in [3.05, 3.63) is 0 Å². The summed E-state index contributed by atoms with van der Waals surface area (Å²) in [5, 5.41) is 3.41. The average Bonchev–Trinajstić information content (AvgIpc) is 2.16. The summed E-state index contributed by atoms with van der Waals surface area (Å²) in [6, 6.07) is 0.938. The molecule has 0 spiro atoms. The van der Waals surface area contributed by atoms with Gasteiger partial charge >= 0.3 is 0 Å². The van der Waals surface area contributed by atoms with E-state index in [1.807, 2.05) is 23.7 Å². The number of rotatable bonds is 3. The van der Waals surface area contributed by atoms with Crippen LogP contribution in [-0.4, -0.2) is 48.0 Å². The van der Waals surface area contributed by atoms with E-state index < -0.39 is 0 Å². The molecule has 2 fully saturated rings. The van der Waals surface area contributed by atoms with Gasteiger partial charge in [-0.15, -0.1) is 12.4 Å². The van der Waals surface area contributed by atoms with E-state index in [1.54, 1.807) is 0 Å². The van der Waals surface area contributed by atoms with Crippen molar-refractivity contribution in [1.29, 1.82) is 0 Å². The lowest BCUT2D eigenvalue weighted by Crippen LogP contribution is -2.46. The molecule has 1 N–H and O–H groups in total. The first kappa shape index (κ1) is 14.1. The summed E-state index contributed by atoms with van der Waals surface area (Å²) in [5.74, 6) is 2.59. The van der Waals surface area contributed by atoms with Crippen molar-refractivity contribution in [2.45, 2.75) is 37.8 Å². The summed E-state index contributed by atoms with van der Waals surface area (Å²) in [5.41, 5.74) is 0. The molecule has 0 aromatic carbocycles. The van der Waals surface area contributed by atoms with E-state index in [1.165, 1.54) is 25.0 Å². The Bertz CT molecular complexity index is 230. The zero-order chi connectivity index (χ0) is 10.7. The van der Waals surface area contributed by atoms with E-state index in [0.29, 0.717) is 24.4 Å². The molecule has 2 aliphatic rings. The Hall–Kier alpha value is 0.0700. The summed E-state index contributed by atoms with van der Waals surface area (Å²) in [4.78, 5) is 13.9. The van der Waals surface area contributed by atoms with E-state index in [4.69, 9.17) is 0 Å². The second-order valence-electron chi connectivity index (χ2n) is 4.52. The lowest BCUT2D eigenvalue weighted by atomic mass is 9.91. The van der Waals surface area contributed by atoms with Gasteiger partial charge in [0.15, 0.2) is 0 Å². The Labute approximate surface area is 108 Å².